The fourth-order valence-electron chi connectivity index (χ4n) is 4.95. The standard InChI is InChI=1S/C26H34N4O5/c1-4-30-22-20(14-26(16-28-24(22)32)8-10-34-11-9-26)21(29-30)12-17(2)15-35-25(33)19-7-5-6-18(13-19)23(31)27-3/h5-7,13,17H,4,8-12,14-16H2,1-3H3,(H,27,31)(H,28,32). The molecule has 9 heteroatoms. The molecule has 2 amide bonds. The lowest BCUT2D eigenvalue weighted by molar-refractivity contribution is 0.0160. The number of amides is 2. The summed E-state index contributed by atoms with van der Waals surface area (Å²) in [4.78, 5) is 37.4. The average molecular weight is 483 g/mol. The number of hydrogen-bond acceptors (Lipinski definition) is 6. The van der Waals surface area contributed by atoms with E-state index in [-0.39, 0.29) is 29.8 Å². The van der Waals surface area contributed by atoms with Crippen LogP contribution in [0.2, 0.25) is 0 Å². The molecule has 9 nitrogen and oxygen atoms in total. The molecular weight excluding hydrogens is 448 g/mol. The Morgan fingerprint density at radius 1 is 1.29 bits per heavy atom. The monoisotopic (exact) mass is 482 g/mol. The summed E-state index contributed by atoms with van der Waals surface area (Å²) in [5.74, 6) is -0.797. The molecule has 0 radical (unpaired) electrons. The second kappa shape index (κ2) is 10.6. The summed E-state index contributed by atoms with van der Waals surface area (Å²) in [6.45, 7) is 6.87. The van der Waals surface area contributed by atoms with Gasteiger partial charge in [0.15, 0.2) is 0 Å². The van der Waals surface area contributed by atoms with E-state index in [2.05, 4.69) is 10.6 Å². The Labute approximate surface area is 205 Å². The number of nitrogens with zero attached hydrogens (tertiary/aromatic N) is 2. The molecule has 4 rings (SSSR count). The first kappa shape index (κ1) is 24.9. The minimum absolute atomic E-state index is 0.00216. The Bertz CT molecular complexity index is 1100. The SMILES string of the molecule is CCn1nc(CC(C)COC(=O)c2cccc(C(=O)NC)c2)c2c1C(=O)NCC1(CCOCC1)C2. The molecule has 1 unspecified atom stereocenters. The molecule has 1 saturated heterocycles. The smallest absolute Gasteiger partial charge is 0.338 e. The maximum absolute atomic E-state index is 13.0. The number of rotatable bonds is 7. The van der Waals surface area contributed by atoms with E-state index < -0.39 is 5.97 Å². The number of ether oxygens (including phenoxy) is 2. The van der Waals surface area contributed by atoms with Gasteiger partial charge in [-0.1, -0.05) is 13.0 Å². The Kier molecular flexibility index (Phi) is 7.54. The number of esters is 1. The molecule has 0 saturated carbocycles. The highest BCUT2D eigenvalue weighted by molar-refractivity contribution is 5.97. The minimum atomic E-state index is -0.471. The van der Waals surface area contributed by atoms with Gasteiger partial charge in [0, 0.05) is 44.5 Å². The van der Waals surface area contributed by atoms with E-state index in [9.17, 15) is 14.4 Å². The van der Waals surface area contributed by atoms with Crippen LogP contribution in [0.4, 0.5) is 0 Å². The lowest BCUT2D eigenvalue weighted by Gasteiger charge is -2.36. The maximum atomic E-state index is 13.0. The van der Waals surface area contributed by atoms with Crippen molar-refractivity contribution >= 4 is 17.8 Å². The highest BCUT2D eigenvalue weighted by Crippen LogP contribution is 2.38. The van der Waals surface area contributed by atoms with Crippen LogP contribution in [-0.4, -0.2) is 61.0 Å². The van der Waals surface area contributed by atoms with Crippen LogP contribution in [0, 0.1) is 11.3 Å². The van der Waals surface area contributed by atoms with Gasteiger partial charge in [-0.25, -0.2) is 4.79 Å². The quantitative estimate of drug-likeness (QED) is 0.586. The molecule has 2 aromatic rings. The van der Waals surface area contributed by atoms with E-state index in [4.69, 9.17) is 14.6 Å². The normalized spacial score (nSPS) is 17.7. The molecule has 1 fully saturated rings. The number of fused-ring (bicyclic) bond motifs is 1. The summed E-state index contributed by atoms with van der Waals surface area (Å²) in [6, 6.07) is 6.47. The average Bonchev–Trinajstić information content (AvgIpc) is 3.15. The third-order valence-corrected chi connectivity index (χ3v) is 7.01. The highest BCUT2D eigenvalue weighted by Gasteiger charge is 2.39. The largest absolute Gasteiger partial charge is 0.462 e. The van der Waals surface area contributed by atoms with Crippen molar-refractivity contribution in [2.75, 3.05) is 33.4 Å². The molecule has 3 heterocycles. The summed E-state index contributed by atoms with van der Waals surface area (Å²) in [7, 11) is 1.54. The Morgan fingerprint density at radius 3 is 2.74 bits per heavy atom. The molecule has 2 N–H and O–H groups in total. The van der Waals surface area contributed by atoms with Crippen LogP contribution in [0.3, 0.4) is 0 Å². The van der Waals surface area contributed by atoms with Crippen molar-refractivity contribution in [1.29, 1.82) is 0 Å². The van der Waals surface area contributed by atoms with Crippen molar-refractivity contribution in [3.05, 3.63) is 52.3 Å². The molecule has 35 heavy (non-hydrogen) atoms. The summed E-state index contributed by atoms with van der Waals surface area (Å²) >= 11 is 0. The van der Waals surface area contributed by atoms with Gasteiger partial charge in [-0.2, -0.15) is 5.10 Å². The summed E-state index contributed by atoms with van der Waals surface area (Å²) in [6.07, 6.45) is 3.21. The van der Waals surface area contributed by atoms with E-state index in [1.807, 2.05) is 13.8 Å². The van der Waals surface area contributed by atoms with Crippen molar-refractivity contribution in [3.8, 4) is 0 Å². The fourth-order valence-corrected chi connectivity index (χ4v) is 4.95. The van der Waals surface area contributed by atoms with Gasteiger partial charge in [-0.05, 0) is 62.1 Å². The zero-order valence-electron chi connectivity index (χ0n) is 20.7. The number of carbonyl (C=O) groups excluding carboxylic acids is 3. The zero-order valence-corrected chi connectivity index (χ0v) is 20.7. The number of nitrogens with one attached hydrogen (secondary N) is 2. The fraction of sp³-hybridized carbons (Fsp3) is 0.538. The molecule has 1 aromatic carbocycles. The predicted molar refractivity (Wildman–Crippen MR) is 129 cm³/mol. The molecule has 0 aliphatic carbocycles. The van der Waals surface area contributed by atoms with Crippen LogP contribution in [0.5, 0.6) is 0 Å². The highest BCUT2D eigenvalue weighted by atomic mass is 16.5. The van der Waals surface area contributed by atoms with Crippen molar-refractivity contribution < 1.29 is 23.9 Å². The minimum Gasteiger partial charge on any atom is -0.462 e. The van der Waals surface area contributed by atoms with Crippen LogP contribution >= 0.6 is 0 Å². The van der Waals surface area contributed by atoms with Crippen molar-refractivity contribution in [1.82, 2.24) is 20.4 Å². The second-order valence-electron chi connectivity index (χ2n) is 9.63. The molecule has 2 aliphatic heterocycles. The molecule has 1 aromatic heterocycles. The van der Waals surface area contributed by atoms with Gasteiger partial charge in [0.1, 0.15) is 5.69 Å². The lowest BCUT2D eigenvalue weighted by Crippen LogP contribution is -2.40. The van der Waals surface area contributed by atoms with Crippen LogP contribution < -0.4 is 10.6 Å². The van der Waals surface area contributed by atoms with Crippen LogP contribution in [0.1, 0.15) is 69.2 Å². The number of hydrogen-bond donors (Lipinski definition) is 2. The van der Waals surface area contributed by atoms with Crippen LogP contribution in [-0.2, 0) is 28.9 Å². The number of benzene rings is 1. The van der Waals surface area contributed by atoms with Crippen molar-refractivity contribution in [2.24, 2.45) is 11.3 Å². The van der Waals surface area contributed by atoms with E-state index in [1.165, 1.54) is 6.07 Å². The van der Waals surface area contributed by atoms with Gasteiger partial charge in [-0.15, -0.1) is 0 Å². The summed E-state index contributed by atoms with van der Waals surface area (Å²) < 4.78 is 12.9. The third-order valence-electron chi connectivity index (χ3n) is 7.01. The Hall–Kier alpha value is -3.20. The first-order valence-electron chi connectivity index (χ1n) is 12.3. The van der Waals surface area contributed by atoms with Crippen molar-refractivity contribution in [2.45, 2.75) is 46.1 Å². The summed E-state index contributed by atoms with van der Waals surface area (Å²) in [5, 5.41) is 10.5. The third kappa shape index (κ3) is 5.40. The van der Waals surface area contributed by atoms with E-state index >= 15 is 0 Å². The van der Waals surface area contributed by atoms with Gasteiger partial charge < -0.3 is 20.1 Å². The predicted octanol–water partition coefficient (Wildman–Crippen LogP) is 2.38. The number of carbonyl (C=O) groups is 3. The first-order valence-corrected chi connectivity index (χ1v) is 12.3. The van der Waals surface area contributed by atoms with E-state index in [1.54, 1.807) is 29.9 Å². The summed E-state index contributed by atoms with van der Waals surface area (Å²) in [5.41, 5.74) is 3.29. The zero-order chi connectivity index (χ0) is 25.0. The molecule has 2 aliphatic rings. The lowest BCUT2D eigenvalue weighted by atomic mass is 9.75. The first-order chi connectivity index (χ1) is 16.9. The second-order valence-corrected chi connectivity index (χ2v) is 9.63. The van der Waals surface area contributed by atoms with Gasteiger partial charge in [0.25, 0.3) is 11.8 Å². The van der Waals surface area contributed by atoms with Crippen LogP contribution in [0.25, 0.3) is 0 Å². The van der Waals surface area contributed by atoms with E-state index in [0.29, 0.717) is 49.5 Å². The van der Waals surface area contributed by atoms with E-state index in [0.717, 1.165) is 30.5 Å². The van der Waals surface area contributed by atoms with Crippen LogP contribution in [0.15, 0.2) is 24.3 Å². The Morgan fingerprint density at radius 2 is 2.03 bits per heavy atom. The van der Waals surface area contributed by atoms with Gasteiger partial charge in [-0.3, -0.25) is 14.3 Å². The Balaban J connectivity index is 1.47. The molecule has 0 bridgehead atoms. The van der Waals surface area contributed by atoms with Crippen molar-refractivity contribution in [3.63, 3.8) is 0 Å². The van der Waals surface area contributed by atoms with Gasteiger partial charge in [0.05, 0.1) is 17.9 Å². The molecular formula is C26H34N4O5. The maximum Gasteiger partial charge on any atom is 0.338 e. The molecule has 188 valence electrons. The van der Waals surface area contributed by atoms with Gasteiger partial charge in [0.2, 0.25) is 0 Å². The molecule has 1 atom stereocenters. The molecule has 1 spiro atoms. The number of aromatic nitrogens is 2. The number of aryl methyl sites for hydroxylation is 1. The topological polar surface area (TPSA) is 112 Å². The van der Waals surface area contributed by atoms with Gasteiger partial charge >= 0.3 is 5.97 Å².